The van der Waals surface area contributed by atoms with Gasteiger partial charge in [0.1, 0.15) is 5.75 Å². The molecular weight excluding hydrogens is 314 g/mol. The standard InChI is InChI=1S/C14H20ClNO4S/c1-16(12-5-3-4-6-13(12)17)21(18,19)10-7-8-14(20-2)11(15)9-10/h7-9,12-13,17H,3-6H2,1-2H3/t12-,13+/m1/s1. The van der Waals surface area contributed by atoms with Crippen LogP contribution in [-0.2, 0) is 10.0 Å². The Labute approximate surface area is 130 Å². The molecule has 1 aromatic rings. The van der Waals surface area contributed by atoms with E-state index in [2.05, 4.69) is 0 Å². The number of benzene rings is 1. The van der Waals surface area contributed by atoms with Gasteiger partial charge in [0.05, 0.1) is 29.2 Å². The second-order valence-electron chi connectivity index (χ2n) is 5.24. The van der Waals surface area contributed by atoms with Crippen molar-refractivity contribution in [3.05, 3.63) is 23.2 Å². The fourth-order valence-electron chi connectivity index (χ4n) is 2.67. The molecule has 1 aliphatic rings. The second kappa shape index (κ2) is 6.52. The number of hydrogen-bond donors (Lipinski definition) is 1. The highest BCUT2D eigenvalue weighted by molar-refractivity contribution is 7.89. The van der Waals surface area contributed by atoms with Crippen molar-refractivity contribution < 1.29 is 18.3 Å². The Morgan fingerprint density at radius 1 is 1.33 bits per heavy atom. The van der Waals surface area contributed by atoms with Crippen molar-refractivity contribution in [1.82, 2.24) is 4.31 Å². The minimum absolute atomic E-state index is 0.105. The maximum Gasteiger partial charge on any atom is 0.243 e. The Morgan fingerprint density at radius 2 is 2.00 bits per heavy atom. The molecule has 1 aliphatic carbocycles. The highest BCUT2D eigenvalue weighted by Crippen LogP contribution is 2.31. The van der Waals surface area contributed by atoms with Crippen LogP contribution in [0.4, 0.5) is 0 Å². The van der Waals surface area contributed by atoms with Crippen molar-refractivity contribution in [3.8, 4) is 5.75 Å². The maximum atomic E-state index is 12.6. The molecule has 7 heteroatoms. The minimum atomic E-state index is -3.69. The first-order chi connectivity index (χ1) is 9.87. The Kier molecular flexibility index (Phi) is 5.14. The summed E-state index contributed by atoms with van der Waals surface area (Å²) in [5.41, 5.74) is 0. The summed E-state index contributed by atoms with van der Waals surface area (Å²) in [5, 5.41) is 10.3. The van der Waals surface area contributed by atoms with Gasteiger partial charge in [0.25, 0.3) is 0 Å². The molecule has 2 atom stereocenters. The third-order valence-corrected chi connectivity index (χ3v) is 6.14. The van der Waals surface area contributed by atoms with Gasteiger partial charge in [-0.2, -0.15) is 4.31 Å². The average molecular weight is 334 g/mol. The zero-order valence-corrected chi connectivity index (χ0v) is 13.7. The van der Waals surface area contributed by atoms with Crippen molar-refractivity contribution in [2.24, 2.45) is 0 Å². The van der Waals surface area contributed by atoms with Crippen LogP contribution in [-0.4, -0.2) is 44.1 Å². The van der Waals surface area contributed by atoms with Crippen molar-refractivity contribution in [3.63, 3.8) is 0 Å². The summed E-state index contributed by atoms with van der Waals surface area (Å²) < 4.78 is 31.6. The number of halogens is 1. The maximum absolute atomic E-state index is 12.6. The van der Waals surface area contributed by atoms with Gasteiger partial charge in [-0.05, 0) is 31.0 Å². The monoisotopic (exact) mass is 333 g/mol. The normalized spacial score (nSPS) is 23.3. The van der Waals surface area contributed by atoms with Gasteiger partial charge in [0.15, 0.2) is 0 Å². The molecule has 118 valence electrons. The molecule has 1 saturated carbocycles. The Hall–Kier alpha value is -0.820. The summed E-state index contributed by atoms with van der Waals surface area (Å²) in [6.07, 6.45) is 2.53. The number of likely N-dealkylation sites (N-methyl/N-ethyl adjacent to an activating group) is 1. The molecule has 21 heavy (non-hydrogen) atoms. The first kappa shape index (κ1) is 16.5. The number of rotatable bonds is 4. The van der Waals surface area contributed by atoms with Gasteiger partial charge in [-0.3, -0.25) is 0 Å². The molecule has 0 aromatic heterocycles. The smallest absolute Gasteiger partial charge is 0.243 e. The molecule has 0 aliphatic heterocycles. The van der Waals surface area contributed by atoms with Crippen molar-refractivity contribution >= 4 is 21.6 Å². The number of ether oxygens (including phenoxy) is 1. The summed E-state index contributed by atoms with van der Waals surface area (Å²) in [6.45, 7) is 0. The fraction of sp³-hybridized carbons (Fsp3) is 0.571. The summed E-state index contributed by atoms with van der Waals surface area (Å²) >= 11 is 6.00. The van der Waals surface area contributed by atoms with E-state index in [1.807, 2.05) is 0 Å². The first-order valence-corrected chi connectivity index (χ1v) is 8.69. The van der Waals surface area contributed by atoms with Crippen LogP contribution in [0, 0.1) is 0 Å². The van der Waals surface area contributed by atoms with Crippen LogP contribution in [0.3, 0.4) is 0 Å². The topological polar surface area (TPSA) is 66.8 Å². The third kappa shape index (κ3) is 3.34. The largest absolute Gasteiger partial charge is 0.495 e. The van der Waals surface area contributed by atoms with E-state index in [4.69, 9.17) is 16.3 Å². The van der Waals surface area contributed by atoms with Crippen LogP contribution in [0.1, 0.15) is 25.7 Å². The van der Waals surface area contributed by atoms with Crippen LogP contribution < -0.4 is 4.74 Å². The van der Waals surface area contributed by atoms with Crippen LogP contribution in [0.5, 0.6) is 5.75 Å². The van der Waals surface area contributed by atoms with Crippen LogP contribution in [0.15, 0.2) is 23.1 Å². The lowest BCUT2D eigenvalue weighted by Crippen LogP contribution is -2.46. The van der Waals surface area contributed by atoms with E-state index in [1.165, 1.54) is 36.7 Å². The molecule has 1 aromatic carbocycles. The van der Waals surface area contributed by atoms with Crippen molar-refractivity contribution in [2.75, 3.05) is 14.2 Å². The Balaban J connectivity index is 2.30. The molecule has 0 heterocycles. The number of aliphatic hydroxyl groups excluding tert-OH is 1. The highest BCUT2D eigenvalue weighted by Gasteiger charge is 2.34. The van der Waals surface area contributed by atoms with Gasteiger partial charge in [-0.25, -0.2) is 8.42 Å². The SMILES string of the molecule is COc1ccc(S(=O)(=O)N(C)[C@@H]2CCCC[C@@H]2O)cc1Cl. The van der Waals surface area contributed by atoms with Crippen LogP contribution in [0.25, 0.3) is 0 Å². The summed E-state index contributed by atoms with van der Waals surface area (Å²) in [7, 11) is -0.707. The molecule has 0 spiro atoms. The molecule has 5 nitrogen and oxygen atoms in total. The van der Waals surface area contributed by atoms with E-state index in [-0.39, 0.29) is 16.0 Å². The number of aliphatic hydroxyl groups is 1. The quantitative estimate of drug-likeness (QED) is 0.918. The second-order valence-corrected chi connectivity index (χ2v) is 7.64. The Morgan fingerprint density at radius 3 is 2.57 bits per heavy atom. The highest BCUT2D eigenvalue weighted by atomic mass is 35.5. The molecule has 0 radical (unpaired) electrons. The van der Waals surface area contributed by atoms with Crippen LogP contribution >= 0.6 is 11.6 Å². The number of methoxy groups -OCH3 is 1. The van der Waals surface area contributed by atoms with Gasteiger partial charge in [0.2, 0.25) is 10.0 Å². The van der Waals surface area contributed by atoms with Crippen LogP contribution in [0.2, 0.25) is 5.02 Å². The van der Waals surface area contributed by atoms with E-state index in [0.29, 0.717) is 18.6 Å². The van der Waals surface area contributed by atoms with E-state index < -0.39 is 16.1 Å². The summed E-state index contributed by atoms with van der Waals surface area (Å²) in [4.78, 5) is 0.105. The predicted octanol–water partition coefficient (Wildman–Crippen LogP) is 2.27. The Bertz CT molecular complexity index is 605. The fourth-order valence-corrected chi connectivity index (χ4v) is 4.43. The van der Waals surface area contributed by atoms with E-state index >= 15 is 0 Å². The lowest BCUT2D eigenvalue weighted by molar-refractivity contribution is 0.0638. The van der Waals surface area contributed by atoms with Crippen molar-refractivity contribution in [2.45, 2.75) is 42.7 Å². The first-order valence-electron chi connectivity index (χ1n) is 6.87. The van der Waals surface area contributed by atoms with E-state index in [1.54, 1.807) is 0 Å². The molecule has 0 amide bonds. The summed E-state index contributed by atoms with van der Waals surface area (Å²) in [5.74, 6) is 0.427. The molecule has 0 saturated heterocycles. The number of nitrogens with zero attached hydrogens (tertiary/aromatic N) is 1. The van der Waals surface area contributed by atoms with Gasteiger partial charge in [0, 0.05) is 7.05 Å². The lowest BCUT2D eigenvalue weighted by Gasteiger charge is -2.34. The summed E-state index contributed by atoms with van der Waals surface area (Å²) in [6, 6.07) is 3.98. The van der Waals surface area contributed by atoms with Gasteiger partial charge >= 0.3 is 0 Å². The number of hydrogen-bond acceptors (Lipinski definition) is 4. The van der Waals surface area contributed by atoms with Gasteiger partial charge in [-0.15, -0.1) is 0 Å². The van der Waals surface area contributed by atoms with E-state index in [9.17, 15) is 13.5 Å². The van der Waals surface area contributed by atoms with Crippen molar-refractivity contribution in [1.29, 1.82) is 0 Å². The molecular formula is C14H20ClNO4S. The third-order valence-electron chi connectivity index (χ3n) is 3.96. The minimum Gasteiger partial charge on any atom is -0.495 e. The van der Waals surface area contributed by atoms with E-state index in [0.717, 1.165) is 12.8 Å². The average Bonchev–Trinajstić information content (AvgIpc) is 2.47. The zero-order valence-electron chi connectivity index (χ0n) is 12.1. The zero-order chi connectivity index (χ0) is 15.6. The molecule has 0 unspecified atom stereocenters. The van der Waals surface area contributed by atoms with Gasteiger partial charge in [-0.1, -0.05) is 24.4 Å². The molecule has 1 fully saturated rings. The predicted molar refractivity (Wildman–Crippen MR) is 81.2 cm³/mol. The molecule has 2 rings (SSSR count). The number of sulfonamides is 1. The lowest BCUT2D eigenvalue weighted by atomic mass is 9.93. The molecule has 1 N–H and O–H groups in total. The van der Waals surface area contributed by atoms with Gasteiger partial charge < -0.3 is 9.84 Å². The molecule has 0 bridgehead atoms.